The molecule has 152 valence electrons. The van der Waals surface area contributed by atoms with Crippen LogP contribution in [0.5, 0.6) is 0 Å². The van der Waals surface area contributed by atoms with Crippen molar-refractivity contribution < 1.29 is 4.39 Å². The van der Waals surface area contributed by atoms with Crippen LogP contribution in [0.25, 0.3) is 28.0 Å². The lowest BCUT2D eigenvalue weighted by molar-refractivity contribution is 0.313. The van der Waals surface area contributed by atoms with E-state index in [1.807, 2.05) is 12.1 Å². The topological polar surface area (TPSA) is 70.0 Å². The standard InChI is InChI=1S/C22H21FN6O/c1-27-9-11-28(12-10-27)16-6-4-15(5-7-16)21-17-14-29(20(30)13-19(17)25-26-21)22-18(23)3-2-8-24-22/h2-8,13-14,25H,9-12H2,1H3. The van der Waals surface area contributed by atoms with Crippen LogP contribution in [0.4, 0.5) is 10.1 Å². The largest absolute Gasteiger partial charge is 0.369 e. The number of benzene rings is 1. The maximum atomic E-state index is 14.2. The van der Waals surface area contributed by atoms with E-state index >= 15 is 0 Å². The number of hydrogen-bond acceptors (Lipinski definition) is 5. The second-order valence-corrected chi connectivity index (χ2v) is 7.53. The Kier molecular flexibility index (Phi) is 4.55. The third-order valence-corrected chi connectivity index (χ3v) is 5.57. The van der Waals surface area contributed by atoms with Crippen LogP contribution in [0, 0.1) is 5.82 Å². The van der Waals surface area contributed by atoms with Gasteiger partial charge in [0.15, 0.2) is 11.6 Å². The number of likely N-dealkylation sites (N-methyl/N-ethyl adjacent to an activating group) is 1. The molecule has 1 aliphatic heterocycles. The molecule has 1 saturated heterocycles. The molecule has 0 spiro atoms. The van der Waals surface area contributed by atoms with Gasteiger partial charge in [-0.15, -0.1) is 0 Å². The van der Waals surface area contributed by atoms with Gasteiger partial charge in [-0.3, -0.25) is 14.5 Å². The molecule has 0 radical (unpaired) electrons. The number of rotatable bonds is 3. The molecule has 1 fully saturated rings. The highest BCUT2D eigenvalue weighted by atomic mass is 19.1. The Bertz CT molecular complexity index is 1250. The minimum Gasteiger partial charge on any atom is -0.369 e. The Morgan fingerprint density at radius 3 is 2.57 bits per heavy atom. The first-order valence-electron chi connectivity index (χ1n) is 9.86. The number of nitrogens with one attached hydrogen (secondary N) is 1. The lowest BCUT2D eigenvalue weighted by atomic mass is 10.1. The highest BCUT2D eigenvalue weighted by Crippen LogP contribution is 2.28. The fourth-order valence-corrected chi connectivity index (χ4v) is 3.83. The second kappa shape index (κ2) is 7.38. The summed E-state index contributed by atoms with van der Waals surface area (Å²) in [5.74, 6) is -0.581. The van der Waals surface area contributed by atoms with Gasteiger partial charge in [-0.2, -0.15) is 5.10 Å². The first kappa shape index (κ1) is 18.5. The average molecular weight is 404 g/mol. The minimum atomic E-state index is -0.555. The summed E-state index contributed by atoms with van der Waals surface area (Å²) in [4.78, 5) is 21.2. The summed E-state index contributed by atoms with van der Waals surface area (Å²) in [6.45, 7) is 4.10. The first-order valence-corrected chi connectivity index (χ1v) is 9.86. The van der Waals surface area contributed by atoms with Gasteiger partial charge >= 0.3 is 0 Å². The molecule has 30 heavy (non-hydrogen) atoms. The number of pyridine rings is 2. The molecule has 0 amide bonds. The van der Waals surface area contributed by atoms with Crippen molar-refractivity contribution in [3.8, 4) is 17.1 Å². The number of piperazine rings is 1. The first-order chi connectivity index (χ1) is 14.6. The van der Waals surface area contributed by atoms with E-state index in [9.17, 15) is 9.18 Å². The average Bonchev–Trinajstić information content (AvgIpc) is 3.17. The van der Waals surface area contributed by atoms with Crippen molar-refractivity contribution in [2.45, 2.75) is 0 Å². The molecule has 1 aliphatic rings. The van der Waals surface area contributed by atoms with Gasteiger partial charge in [0, 0.05) is 61.3 Å². The summed E-state index contributed by atoms with van der Waals surface area (Å²) in [7, 11) is 2.14. The number of nitrogens with zero attached hydrogens (tertiary/aromatic N) is 5. The lowest BCUT2D eigenvalue weighted by Gasteiger charge is -2.34. The van der Waals surface area contributed by atoms with Crippen LogP contribution in [-0.2, 0) is 0 Å². The van der Waals surface area contributed by atoms with Gasteiger partial charge < -0.3 is 9.80 Å². The van der Waals surface area contributed by atoms with E-state index in [1.54, 1.807) is 6.20 Å². The number of aromatic nitrogens is 4. The van der Waals surface area contributed by atoms with Crippen molar-refractivity contribution in [3.05, 3.63) is 71.0 Å². The maximum Gasteiger partial charge on any atom is 0.258 e. The van der Waals surface area contributed by atoms with Gasteiger partial charge in [0.25, 0.3) is 5.56 Å². The number of H-pyrrole nitrogens is 1. The molecular formula is C22H21FN6O. The van der Waals surface area contributed by atoms with E-state index in [4.69, 9.17) is 0 Å². The van der Waals surface area contributed by atoms with Crippen LogP contribution >= 0.6 is 0 Å². The second-order valence-electron chi connectivity index (χ2n) is 7.53. The fraction of sp³-hybridized carbons (Fsp3) is 0.227. The van der Waals surface area contributed by atoms with Crippen LogP contribution in [-0.4, -0.2) is 57.9 Å². The van der Waals surface area contributed by atoms with E-state index < -0.39 is 5.82 Å². The highest BCUT2D eigenvalue weighted by molar-refractivity contribution is 5.92. The monoisotopic (exact) mass is 404 g/mol. The molecule has 1 aromatic carbocycles. The predicted molar refractivity (Wildman–Crippen MR) is 115 cm³/mol. The van der Waals surface area contributed by atoms with Gasteiger partial charge in [-0.05, 0) is 31.3 Å². The minimum absolute atomic E-state index is 0.0260. The Balaban J connectivity index is 1.53. The highest BCUT2D eigenvalue weighted by Gasteiger charge is 2.16. The zero-order valence-corrected chi connectivity index (χ0v) is 16.5. The van der Waals surface area contributed by atoms with Gasteiger partial charge in [-0.25, -0.2) is 9.37 Å². The van der Waals surface area contributed by atoms with Crippen LogP contribution in [0.2, 0.25) is 0 Å². The molecule has 0 saturated carbocycles. The zero-order chi connectivity index (χ0) is 20.7. The van der Waals surface area contributed by atoms with Crippen molar-refractivity contribution in [1.82, 2.24) is 24.6 Å². The fourth-order valence-electron chi connectivity index (χ4n) is 3.83. The normalized spacial score (nSPS) is 15.1. The Morgan fingerprint density at radius 2 is 1.83 bits per heavy atom. The molecule has 0 atom stereocenters. The van der Waals surface area contributed by atoms with Crippen LogP contribution in [0.15, 0.2) is 59.7 Å². The molecular weight excluding hydrogens is 383 g/mol. The zero-order valence-electron chi connectivity index (χ0n) is 16.5. The molecule has 1 N–H and O–H groups in total. The van der Waals surface area contributed by atoms with E-state index in [2.05, 4.69) is 44.2 Å². The molecule has 3 aromatic heterocycles. The number of aromatic amines is 1. The molecule has 0 aliphatic carbocycles. The third kappa shape index (κ3) is 3.25. The summed E-state index contributed by atoms with van der Waals surface area (Å²) >= 11 is 0. The van der Waals surface area contributed by atoms with Crippen LogP contribution in [0.1, 0.15) is 0 Å². The maximum absolute atomic E-state index is 14.2. The molecule has 4 aromatic rings. The summed E-state index contributed by atoms with van der Waals surface area (Å²) < 4.78 is 15.4. The third-order valence-electron chi connectivity index (χ3n) is 5.57. The SMILES string of the molecule is CN1CCN(c2ccc(-c3n[nH]c4cc(=O)n(-c5ncccc5F)cc34)cc2)CC1. The number of anilines is 1. The Morgan fingerprint density at radius 1 is 1.07 bits per heavy atom. The number of halogens is 1. The van der Waals surface area contributed by atoms with Gasteiger partial charge in [-0.1, -0.05) is 12.1 Å². The Hall–Kier alpha value is -3.52. The van der Waals surface area contributed by atoms with E-state index in [0.717, 1.165) is 37.1 Å². The summed E-state index contributed by atoms with van der Waals surface area (Å²) in [5, 5.41) is 8.04. The molecule has 7 nitrogen and oxygen atoms in total. The van der Waals surface area contributed by atoms with Crippen LogP contribution < -0.4 is 10.5 Å². The van der Waals surface area contributed by atoms with Gasteiger partial charge in [0.1, 0.15) is 5.69 Å². The molecule has 0 bridgehead atoms. The quantitative estimate of drug-likeness (QED) is 0.569. The summed E-state index contributed by atoms with van der Waals surface area (Å²) in [6, 6.07) is 12.4. The molecule has 8 heteroatoms. The van der Waals surface area contributed by atoms with E-state index in [0.29, 0.717) is 11.2 Å². The molecule has 4 heterocycles. The van der Waals surface area contributed by atoms with Crippen molar-refractivity contribution in [3.63, 3.8) is 0 Å². The van der Waals surface area contributed by atoms with Crippen molar-refractivity contribution >= 4 is 16.6 Å². The van der Waals surface area contributed by atoms with Gasteiger partial charge in [0.2, 0.25) is 0 Å². The van der Waals surface area contributed by atoms with Crippen molar-refractivity contribution in [2.24, 2.45) is 0 Å². The number of fused-ring (bicyclic) bond motifs is 1. The van der Waals surface area contributed by atoms with Crippen LogP contribution in [0.3, 0.4) is 0 Å². The molecule has 0 unspecified atom stereocenters. The smallest absolute Gasteiger partial charge is 0.258 e. The van der Waals surface area contributed by atoms with E-state index in [1.165, 1.54) is 34.7 Å². The predicted octanol–water partition coefficient (Wildman–Crippen LogP) is 2.67. The van der Waals surface area contributed by atoms with E-state index in [-0.39, 0.29) is 11.4 Å². The van der Waals surface area contributed by atoms with Crippen molar-refractivity contribution in [1.29, 1.82) is 0 Å². The lowest BCUT2D eigenvalue weighted by Crippen LogP contribution is -2.44. The van der Waals surface area contributed by atoms with Gasteiger partial charge in [0.05, 0.1) is 5.52 Å². The number of hydrogen-bond donors (Lipinski definition) is 1. The molecule has 5 rings (SSSR count). The Labute approximate surface area is 172 Å². The summed E-state index contributed by atoms with van der Waals surface area (Å²) in [5.41, 5.74) is 3.04. The summed E-state index contributed by atoms with van der Waals surface area (Å²) in [6.07, 6.45) is 3.05. The van der Waals surface area contributed by atoms with Crippen molar-refractivity contribution in [2.75, 3.05) is 38.1 Å².